The first-order valence-corrected chi connectivity index (χ1v) is 8.86. The number of nitrogens with zero attached hydrogens (tertiary/aromatic N) is 2. The molecule has 0 aliphatic carbocycles. The Morgan fingerprint density at radius 2 is 2.11 bits per heavy atom. The van der Waals surface area contributed by atoms with E-state index in [2.05, 4.69) is 25.8 Å². The molecule has 148 valence electrons. The average Bonchev–Trinajstić information content (AvgIpc) is 3.19. The Morgan fingerprint density at radius 1 is 1.29 bits per heavy atom. The van der Waals surface area contributed by atoms with Crippen LogP contribution in [0.25, 0.3) is 22.0 Å². The molecule has 3 rings (SSSR count). The summed E-state index contributed by atoms with van der Waals surface area (Å²) in [6.45, 7) is 1.27. The highest BCUT2D eigenvalue weighted by atomic mass is 19.3. The van der Waals surface area contributed by atoms with Gasteiger partial charge in [0.15, 0.2) is 0 Å². The number of carbonyl (C=O) groups excluding carboxylic acids is 1. The number of benzene rings is 1. The highest BCUT2D eigenvalue weighted by Gasteiger charge is 2.16. The fraction of sp³-hybridized carbons (Fsp3) is 0.316. The Morgan fingerprint density at radius 3 is 2.79 bits per heavy atom. The number of fused-ring (bicyclic) bond motifs is 1. The van der Waals surface area contributed by atoms with Gasteiger partial charge in [0.25, 0.3) is 12.3 Å². The van der Waals surface area contributed by atoms with Gasteiger partial charge in [0, 0.05) is 23.7 Å². The lowest BCUT2D eigenvalue weighted by molar-refractivity contribution is 0.0945. The maximum absolute atomic E-state index is 12.6. The van der Waals surface area contributed by atoms with Gasteiger partial charge in [-0.15, -0.1) is 0 Å². The lowest BCUT2D eigenvalue weighted by Crippen LogP contribution is -2.28. The summed E-state index contributed by atoms with van der Waals surface area (Å²) < 4.78 is 25.3. The van der Waals surface area contributed by atoms with Crippen molar-refractivity contribution in [3.63, 3.8) is 0 Å². The zero-order valence-electron chi connectivity index (χ0n) is 15.2. The Kier molecular flexibility index (Phi) is 6.15. The molecule has 0 radical (unpaired) electrons. The molecule has 3 aromatic rings. The summed E-state index contributed by atoms with van der Waals surface area (Å²) in [4.78, 5) is 16.9. The molecule has 4 N–H and O–H groups in total. The van der Waals surface area contributed by atoms with Gasteiger partial charge in [-0.3, -0.25) is 9.89 Å². The number of H-pyrrole nitrogens is 1. The molecule has 0 saturated heterocycles. The minimum Gasteiger partial charge on any atom is -0.393 e. The van der Waals surface area contributed by atoms with Gasteiger partial charge in [0.05, 0.1) is 29.9 Å². The van der Waals surface area contributed by atoms with Crippen molar-refractivity contribution in [3.05, 3.63) is 42.2 Å². The van der Waals surface area contributed by atoms with E-state index >= 15 is 0 Å². The number of halogens is 2. The third-order valence-electron chi connectivity index (χ3n) is 4.16. The van der Waals surface area contributed by atoms with Crippen molar-refractivity contribution in [2.24, 2.45) is 0 Å². The predicted molar refractivity (Wildman–Crippen MR) is 102 cm³/mol. The molecule has 9 heteroatoms. The molecule has 1 atom stereocenters. The van der Waals surface area contributed by atoms with Crippen LogP contribution in [0.5, 0.6) is 0 Å². The summed E-state index contributed by atoms with van der Waals surface area (Å²) in [5, 5.41) is 21.9. The minimum atomic E-state index is -2.58. The van der Waals surface area contributed by atoms with Gasteiger partial charge in [0.2, 0.25) is 0 Å². The molecule has 2 heterocycles. The van der Waals surface area contributed by atoms with Crippen LogP contribution in [-0.4, -0.2) is 51.8 Å². The van der Waals surface area contributed by atoms with Crippen LogP contribution in [-0.2, 0) is 0 Å². The quantitative estimate of drug-likeness (QED) is 0.474. The van der Waals surface area contributed by atoms with E-state index in [4.69, 9.17) is 0 Å². The molecule has 7 nitrogen and oxygen atoms in total. The van der Waals surface area contributed by atoms with Crippen molar-refractivity contribution in [1.82, 2.24) is 20.5 Å². The number of aromatic amines is 1. The lowest BCUT2D eigenvalue weighted by Gasteiger charge is -2.13. The normalized spacial score (nSPS) is 12.3. The largest absolute Gasteiger partial charge is 0.393 e. The van der Waals surface area contributed by atoms with E-state index in [0.717, 1.165) is 11.1 Å². The fourth-order valence-electron chi connectivity index (χ4n) is 2.74. The molecule has 1 aromatic carbocycles. The maximum Gasteiger partial charge on any atom is 0.255 e. The SMILES string of the molecule is CC(O)CCNC(=O)c1cc2cc(-c3cn[nH]c3)ccc2nc1NCC(F)F. The van der Waals surface area contributed by atoms with E-state index in [9.17, 15) is 18.7 Å². The molecule has 1 unspecified atom stereocenters. The van der Waals surface area contributed by atoms with Crippen LogP contribution in [0.3, 0.4) is 0 Å². The number of nitrogens with one attached hydrogen (secondary N) is 3. The first-order chi connectivity index (χ1) is 13.4. The number of pyridine rings is 1. The van der Waals surface area contributed by atoms with E-state index in [1.807, 2.05) is 12.1 Å². The van der Waals surface area contributed by atoms with Crippen molar-refractivity contribution in [3.8, 4) is 11.1 Å². The molecule has 28 heavy (non-hydrogen) atoms. The topological polar surface area (TPSA) is 103 Å². The molecule has 0 spiro atoms. The summed E-state index contributed by atoms with van der Waals surface area (Å²) in [7, 11) is 0. The van der Waals surface area contributed by atoms with Crippen molar-refractivity contribution in [1.29, 1.82) is 0 Å². The molecule has 0 aliphatic rings. The van der Waals surface area contributed by atoms with Gasteiger partial charge in [-0.25, -0.2) is 13.8 Å². The minimum absolute atomic E-state index is 0.0957. The molecule has 0 saturated carbocycles. The first-order valence-electron chi connectivity index (χ1n) is 8.86. The molecule has 0 aliphatic heterocycles. The van der Waals surface area contributed by atoms with Crippen LogP contribution in [0, 0.1) is 0 Å². The molecular formula is C19H21F2N5O2. The van der Waals surface area contributed by atoms with E-state index in [1.165, 1.54) is 0 Å². The Labute approximate surface area is 160 Å². The van der Waals surface area contributed by atoms with Crippen molar-refractivity contribution >= 4 is 22.6 Å². The fourth-order valence-corrected chi connectivity index (χ4v) is 2.74. The summed E-state index contributed by atoms with van der Waals surface area (Å²) >= 11 is 0. The van der Waals surface area contributed by atoms with Gasteiger partial charge in [-0.05, 0) is 37.1 Å². The Balaban J connectivity index is 1.95. The second-order valence-electron chi connectivity index (χ2n) is 6.44. The molecule has 2 aromatic heterocycles. The van der Waals surface area contributed by atoms with Gasteiger partial charge >= 0.3 is 0 Å². The van der Waals surface area contributed by atoms with Crippen LogP contribution in [0.1, 0.15) is 23.7 Å². The predicted octanol–water partition coefficient (Wildman–Crippen LogP) is 2.80. The number of carbonyl (C=O) groups is 1. The standard InChI is InChI=1S/C19H21F2N5O2/c1-11(27)4-5-22-19(28)15-7-13-6-12(14-8-24-25-9-14)2-3-16(13)26-18(15)23-10-17(20)21/h2-3,6-9,11,17,27H,4-5,10H2,1H3,(H,22,28)(H,23,26)(H,24,25). The third-order valence-corrected chi connectivity index (χ3v) is 4.16. The summed E-state index contributed by atoms with van der Waals surface area (Å²) in [6.07, 6.45) is 0.682. The number of hydrogen-bond donors (Lipinski definition) is 4. The van der Waals surface area contributed by atoms with Crippen LogP contribution >= 0.6 is 0 Å². The number of aromatic nitrogens is 3. The Bertz CT molecular complexity index is 945. The van der Waals surface area contributed by atoms with Crippen molar-refractivity contribution in [2.45, 2.75) is 25.9 Å². The van der Waals surface area contributed by atoms with E-state index < -0.39 is 25.0 Å². The number of alkyl halides is 2. The second-order valence-corrected chi connectivity index (χ2v) is 6.44. The zero-order valence-corrected chi connectivity index (χ0v) is 15.2. The molecule has 1 amide bonds. The highest BCUT2D eigenvalue weighted by molar-refractivity contribution is 6.02. The smallest absolute Gasteiger partial charge is 0.255 e. The average molecular weight is 389 g/mol. The number of aliphatic hydroxyl groups excluding tert-OH is 1. The second kappa shape index (κ2) is 8.75. The highest BCUT2D eigenvalue weighted by Crippen LogP contribution is 2.26. The van der Waals surface area contributed by atoms with E-state index in [0.29, 0.717) is 17.3 Å². The van der Waals surface area contributed by atoms with E-state index in [1.54, 1.807) is 31.5 Å². The van der Waals surface area contributed by atoms with Gasteiger partial charge in [-0.1, -0.05) is 6.07 Å². The molecule has 0 bridgehead atoms. The van der Waals surface area contributed by atoms with Crippen LogP contribution in [0.15, 0.2) is 36.7 Å². The van der Waals surface area contributed by atoms with Gasteiger partial charge in [0.1, 0.15) is 5.82 Å². The lowest BCUT2D eigenvalue weighted by atomic mass is 10.0. The molecular weight excluding hydrogens is 368 g/mol. The van der Waals surface area contributed by atoms with Gasteiger partial charge < -0.3 is 15.7 Å². The number of hydrogen-bond acceptors (Lipinski definition) is 5. The number of amides is 1. The van der Waals surface area contributed by atoms with Crippen LogP contribution < -0.4 is 10.6 Å². The molecule has 0 fully saturated rings. The number of aliphatic hydroxyl groups is 1. The van der Waals surface area contributed by atoms with Crippen molar-refractivity contribution in [2.75, 3.05) is 18.4 Å². The first kappa shape index (κ1) is 19.7. The summed E-state index contributed by atoms with van der Waals surface area (Å²) in [6, 6.07) is 7.09. The van der Waals surface area contributed by atoms with E-state index in [-0.39, 0.29) is 17.9 Å². The number of rotatable bonds is 8. The Hall–Kier alpha value is -3.07. The summed E-state index contributed by atoms with van der Waals surface area (Å²) in [5.41, 5.74) is 2.51. The monoisotopic (exact) mass is 389 g/mol. The van der Waals surface area contributed by atoms with Crippen molar-refractivity contribution < 1.29 is 18.7 Å². The van der Waals surface area contributed by atoms with Crippen LogP contribution in [0.4, 0.5) is 14.6 Å². The van der Waals surface area contributed by atoms with Gasteiger partial charge in [-0.2, -0.15) is 5.10 Å². The van der Waals surface area contributed by atoms with Crippen LogP contribution in [0.2, 0.25) is 0 Å². The zero-order chi connectivity index (χ0) is 20.1. The summed E-state index contributed by atoms with van der Waals surface area (Å²) in [5.74, 6) is -0.348. The number of anilines is 1. The third kappa shape index (κ3) is 4.80. The maximum atomic E-state index is 12.6.